The Morgan fingerprint density at radius 1 is 1.18 bits per heavy atom. The molecule has 0 spiro atoms. The van der Waals surface area contributed by atoms with Crippen LogP contribution in [0.1, 0.15) is 34.1 Å². The van der Waals surface area contributed by atoms with Crippen molar-refractivity contribution in [3.63, 3.8) is 0 Å². The fourth-order valence-corrected chi connectivity index (χ4v) is 2.85. The molecule has 7 nitrogen and oxygen atoms in total. The van der Waals surface area contributed by atoms with Crippen LogP contribution < -0.4 is 10.4 Å². The number of rotatable bonds is 7. The van der Waals surface area contributed by atoms with E-state index in [1.807, 2.05) is 13.8 Å². The van der Waals surface area contributed by atoms with Crippen LogP contribution in [-0.2, 0) is 9.53 Å². The molecule has 2 aromatic heterocycles. The summed E-state index contributed by atoms with van der Waals surface area (Å²) in [6.07, 6.45) is 0.870. The Morgan fingerprint density at radius 3 is 2.57 bits per heavy atom. The molecule has 0 aliphatic carbocycles. The number of carbonyl (C=O) groups excluding carboxylic acids is 1. The second kappa shape index (κ2) is 7.67. The number of esters is 1. The van der Waals surface area contributed by atoms with E-state index in [0.717, 1.165) is 0 Å². The second-order valence-electron chi connectivity index (χ2n) is 7.75. The highest BCUT2D eigenvalue weighted by Crippen LogP contribution is 2.35. The highest BCUT2D eigenvalue weighted by molar-refractivity contribution is 6.01. The summed E-state index contributed by atoms with van der Waals surface area (Å²) in [6.45, 7) is 6.86. The summed E-state index contributed by atoms with van der Waals surface area (Å²) in [7, 11) is 0. The van der Waals surface area contributed by atoms with Crippen LogP contribution in [0.4, 0.5) is 0 Å². The van der Waals surface area contributed by atoms with Gasteiger partial charge in [0.15, 0.2) is 6.10 Å². The maximum Gasteiger partial charge on any atom is 0.336 e. The molecule has 0 radical (unpaired) electrons. The van der Waals surface area contributed by atoms with Crippen molar-refractivity contribution in [2.75, 3.05) is 6.61 Å². The molecule has 0 saturated heterocycles. The zero-order chi connectivity index (χ0) is 20.5. The van der Waals surface area contributed by atoms with Crippen molar-refractivity contribution < 1.29 is 28.2 Å². The maximum atomic E-state index is 12.1. The van der Waals surface area contributed by atoms with Gasteiger partial charge < -0.3 is 23.4 Å². The molecule has 150 valence electrons. The molecule has 0 saturated carbocycles. The summed E-state index contributed by atoms with van der Waals surface area (Å²) in [5, 5.41) is 11.7. The fraction of sp³-hybridized carbons (Fsp3) is 0.429. The fourth-order valence-electron chi connectivity index (χ4n) is 2.85. The van der Waals surface area contributed by atoms with Crippen molar-refractivity contribution in [2.45, 2.75) is 45.8 Å². The van der Waals surface area contributed by atoms with Gasteiger partial charge in [0.1, 0.15) is 23.5 Å². The first kappa shape index (κ1) is 19.9. The predicted molar refractivity (Wildman–Crippen MR) is 103 cm³/mol. The normalized spacial score (nSPS) is 13.2. The lowest BCUT2D eigenvalue weighted by Crippen LogP contribution is -2.44. The standard InChI is InChI=1S/C21H24O7/c1-12(2)9-19(23)28-17(21(3,4)24)11-26-20-13-5-6-18(22)27-16(13)10-15-14(20)7-8-25-15/h5-8,10,12,17,24H,9,11H2,1-4H3/t17-/m1/s1. The van der Waals surface area contributed by atoms with Gasteiger partial charge in [-0.3, -0.25) is 4.79 Å². The van der Waals surface area contributed by atoms with E-state index in [9.17, 15) is 14.7 Å². The Kier molecular flexibility index (Phi) is 5.47. The van der Waals surface area contributed by atoms with E-state index in [0.29, 0.717) is 27.7 Å². The number of ether oxygens (including phenoxy) is 2. The molecule has 0 unspecified atom stereocenters. The van der Waals surface area contributed by atoms with E-state index in [2.05, 4.69) is 0 Å². The molecule has 1 N–H and O–H groups in total. The van der Waals surface area contributed by atoms with Gasteiger partial charge in [0.25, 0.3) is 0 Å². The van der Waals surface area contributed by atoms with Crippen LogP contribution in [0.2, 0.25) is 0 Å². The Morgan fingerprint density at radius 2 is 1.89 bits per heavy atom. The van der Waals surface area contributed by atoms with E-state index in [1.54, 1.807) is 32.0 Å². The summed E-state index contributed by atoms with van der Waals surface area (Å²) in [4.78, 5) is 23.6. The minimum Gasteiger partial charge on any atom is -0.488 e. The second-order valence-corrected chi connectivity index (χ2v) is 7.75. The van der Waals surface area contributed by atoms with Crippen molar-refractivity contribution in [2.24, 2.45) is 5.92 Å². The van der Waals surface area contributed by atoms with Crippen molar-refractivity contribution >= 4 is 27.9 Å². The monoisotopic (exact) mass is 388 g/mol. The van der Waals surface area contributed by atoms with Gasteiger partial charge in [0.2, 0.25) is 0 Å². The minimum absolute atomic E-state index is 0.0775. The lowest BCUT2D eigenvalue weighted by atomic mass is 10.0. The third kappa shape index (κ3) is 4.36. The van der Waals surface area contributed by atoms with Crippen molar-refractivity contribution in [1.82, 2.24) is 0 Å². The van der Waals surface area contributed by atoms with Crippen LogP contribution in [0.25, 0.3) is 21.9 Å². The summed E-state index contributed by atoms with van der Waals surface area (Å²) >= 11 is 0. The summed E-state index contributed by atoms with van der Waals surface area (Å²) in [5.41, 5.74) is -0.976. The molecule has 1 atom stereocenters. The first-order valence-corrected chi connectivity index (χ1v) is 9.14. The Bertz CT molecular complexity index is 1040. The Balaban J connectivity index is 1.92. The van der Waals surface area contributed by atoms with E-state index in [4.69, 9.17) is 18.3 Å². The van der Waals surface area contributed by atoms with Gasteiger partial charge in [-0.05, 0) is 31.9 Å². The molecule has 28 heavy (non-hydrogen) atoms. The molecule has 1 aromatic carbocycles. The average molecular weight is 388 g/mol. The molecule has 3 aromatic rings. The molecular weight excluding hydrogens is 364 g/mol. The SMILES string of the molecule is CC(C)CC(=O)O[C@H](COc1c2ccoc2cc2oc(=O)ccc12)C(C)(C)O. The topological polar surface area (TPSA) is 99.1 Å². The zero-order valence-electron chi connectivity index (χ0n) is 16.4. The van der Waals surface area contributed by atoms with Gasteiger partial charge in [-0.25, -0.2) is 4.79 Å². The molecular formula is C21H24O7. The molecule has 0 amide bonds. The number of hydrogen-bond acceptors (Lipinski definition) is 7. The van der Waals surface area contributed by atoms with Gasteiger partial charge in [0.05, 0.1) is 22.6 Å². The largest absolute Gasteiger partial charge is 0.488 e. The van der Waals surface area contributed by atoms with E-state index in [-0.39, 0.29) is 18.9 Å². The Labute approximate surface area is 161 Å². The first-order valence-electron chi connectivity index (χ1n) is 9.14. The van der Waals surface area contributed by atoms with Crippen LogP contribution in [0.5, 0.6) is 5.75 Å². The summed E-state index contributed by atoms with van der Waals surface area (Å²) in [5.74, 6) is 0.171. The summed E-state index contributed by atoms with van der Waals surface area (Å²) < 4.78 is 22.1. The number of hydrogen-bond donors (Lipinski definition) is 1. The van der Waals surface area contributed by atoms with Crippen LogP contribution in [0.3, 0.4) is 0 Å². The number of furan rings is 1. The minimum atomic E-state index is -1.31. The maximum absolute atomic E-state index is 12.1. The molecule has 2 heterocycles. The third-order valence-electron chi connectivity index (χ3n) is 4.32. The van der Waals surface area contributed by atoms with E-state index in [1.165, 1.54) is 12.3 Å². The van der Waals surface area contributed by atoms with Crippen molar-refractivity contribution in [3.8, 4) is 5.75 Å². The van der Waals surface area contributed by atoms with E-state index >= 15 is 0 Å². The summed E-state index contributed by atoms with van der Waals surface area (Å²) in [6, 6.07) is 6.26. The van der Waals surface area contributed by atoms with Crippen LogP contribution >= 0.6 is 0 Å². The average Bonchev–Trinajstić information content (AvgIpc) is 3.03. The lowest BCUT2D eigenvalue weighted by Gasteiger charge is -2.29. The highest BCUT2D eigenvalue weighted by Gasteiger charge is 2.32. The zero-order valence-corrected chi connectivity index (χ0v) is 16.4. The molecule has 7 heteroatoms. The quantitative estimate of drug-likeness (QED) is 0.487. The number of fused-ring (bicyclic) bond motifs is 2. The highest BCUT2D eigenvalue weighted by atomic mass is 16.6. The third-order valence-corrected chi connectivity index (χ3v) is 4.32. The van der Waals surface area contributed by atoms with Gasteiger partial charge in [0, 0.05) is 18.6 Å². The van der Waals surface area contributed by atoms with Crippen LogP contribution in [-0.4, -0.2) is 29.4 Å². The first-order chi connectivity index (χ1) is 13.1. The van der Waals surface area contributed by atoms with Gasteiger partial charge in [-0.1, -0.05) is 13.8 Å². The number of benzene rings is 1. The van der Waals surface area contributed by atoms with Crippen LogP contribution in [0, 0.1) is 5.92 Å². The molecule has 0 aliphatic rings. The van der Waals surface area contributed by atoms with Gasteiger partial charge in [-0.15, -0.1) is 0 Å². The molecule has 0 bridgehead atoms. The van der Waals surface area contributed by atoms with Crippen molar-refractivity contribution in [3.05, 3.63) is 40.9 Å². The van der Waals surface area contributed by atoms with E-state index < -0.39 is 23.3 Å². The van der Waals surface area contributed by atoms with Crippen LogP contribution in [0.15, 0.2) is 44.2 Å². The molecule has 0 fully saturated rings. The Hall–Kier alpha value is -2.80. The van der Waals surface area contributed by atoms with Crippen molar-refractivity contribution in [1.29, 1.82) is 0 Å². The number of carbonyl (C=O) groups is 1. The smallest absolute Gasteiger partial charge is 0.336 e. The van der Waals surface area contributed by atoms with Gasteiger partial charge >= 0.3 is 11.6 Å². The van der Waals surface area contributed by atoms with Gasteiger partial charge in [-0.2, -0.15) is 0 Å². The molecule has 0 aliphatic heterocycles. The number of aliphatic hydroxyl groups is 1. The lowest BCUT2D eigenvalue weighted by molar-refractivity contribution is -0.166. The molecule has 3 rings (SSSR count). The predicted octanol–water partition coefficient (Wildman–Crippen LogP) is 3.65.